The number of fused-ring (bicyclic) bond motifs is 3. The lowest BCUT2D eigenvalue weighted by atomic mass is 9.89. The second kappa shape index (κ2) is 8.82. The number of amides is 1. The monoisotopic (exact) mass is 454 g/mol. The number of nitrogens with zero attached hydrogens (tertiary/aromatic N) is 3. The minimum absolute atomic E-state index is 0.100. The molecule has 0 spiro atoms. The number of thiophene rings is 1. The maximum Gasteiger partial charge on any atom is 0.271 e. The molecule has 0 saturated carbocycles. The van der Waals surface area contributed by atoms with Crippen molar-refractivity contribution in [1.82, 2.24) is 9.55 Å². The van der Waals surface area contributed by atoms with Gasteiger partial charge in [0.2, 0.25) is 5.91 Å². The van der Waals surface area contributed by atoms with E-state index in [2.05, 4.69) is 12.2 Å². The number of benzene rings is 1. The fourth-order valence-corrected chi connectivity index (χ4v) is 5.63. The predicted molar refractivity (Wildman–Crippen MR) is 126 cm³/mol. The predicted octanol–water partition coefficient (Wildman–Crippen LogP) is 4.39. The highest BCUT2D eigenvalue weighted by atomic mass is 32.1. The number of hydrogen-bond donors (Lipinski definition) is 1. The Morgan fingerprint density at radius 3 is 2.91 bits per heavy atom. The number of nitro groups is 1. The number of nitro benzene ring substituents is 1. The minimum atomic E-state index is -0.503. The van der Waals surface area contributed by atoms with Gasteiger partial charge in [-0.3, -0.25) is 24.3 Å². The largest absolute Gasteiger partial charge is 0.324 e. The first-order valence-electron chi connectivity index (χ1n) is 10.9. The third-order valence-corrected chi connectivity index (χ3v) is 7.12. The Labute approximate surface area is 189 Å². The van der Waals surface area contributed by atoms with Gasteiger partial charge >= 0.3 is 0 Å². The molecule has 1 aliphatic carbocycles. The van der Waals surface area contributed by atoms with Crippen LogP contribution in [0.25, 0.3) is 10.2 Å². The smallest absolute Gasteiger partial charge is 0.271 e. The summed E-state index contributed by atoms with van der Waals surface area (Å²) in [4.78, 5) is 43.7. The van der Waals surface area contributed by atoms with E-state index < -0.39 is 10.8 Å². The van der Waals surface area contributed by atoms with Crippen LogP contribution in [0.5, 0.6) is 0 Å². The van der Waals surface area contributed by atoms with Crippen molar-refractivity contribution in [2.24, 2.45) is 5.92 Å². The third-order valence-electron chi connectivity index (χ3n) is 5.98. The van der Waals surface area contributed by atoms with E-state index in [1.54, 1.807) is 24.3 Å². The number of rotatable bonds is 6. The molecule has 0 fully saturated rings. The van der Waals surface area contributed by atoms with Crippen molar-refractivity contribution < 1.29 is 9.72 Å². The van der Waals surface area contributed by atoms with Gasteiger partial charge in [0.15, 0.2) is 0 Å². The van der Waals surface area contributed by atoms with E-state index in [9.17, 15) is 19.7 Å². The lowest BCUT2D eigenvalue weighted by molar-refractivity contribution is -0.384. The van der Waals surface area contributed by atoms with Crippen molar-refractivity contribution in [3.63, 3.8) is 0 Å². The number of anilines is 1. The summed E-state index contributed by atoms with van der Waals surface area (Å²) in [5.74, 6) is 0.784. The first kappa shape index (κ1) is 22.1. The molecular formula is C23H26N4O4S. The van der Waals surface area contributed by atoms with Gasteiger partial charge in [-0.2, -0.15) is 0 Å². The molecule has 8 nitrogen and oxygen atoms in total. The summed E-state index contributed by atoms with van der Waals surface area (Å²) in [6.07, 6.45) is 4.26. The van der Waals surface area contributed by atoms with Crippen LogP contribution in [0.1, 0.15) is 48.5 Å². The van der Waals surface area contributed by atoms with Crippen LogP contribution >= 0.6 is 11.3 Å². The quantitative estimate of drug-likeness (QED) is 0.439. The highest BCUT2D eigenvalue weighted by Gasteiger charge is 2.25. The highest BCUT2D eigenvalue weighted by Crippen LogP contribution is 2.36. The van der Waals surface area contributed by atoms with Crippen molar-refractivity contribution in [3.05, 3.63) is 60.5 Å². The van der Waals surface area contributed by atoms with E-state index in [-0.39, 0.29) is 17.8 Å². The molecule has 4 rings (SSSR count). The average Bonchev–Trinajstić information content (AvgIpc) is 3.09. The van der Waals surface area contributed by atoms with E-state index in [1.165, 1.54) is 21.6 Å². The SMILES string of the molecule is CCCc1nc2sc3c(c2c(=O)n1CC(=O)Nc1cc([N+](=O)[O-])ccc1C)CCC(C)C3. The lowest BCUT2D eigenvalue weighted by Gasteiger charge is -2.18. The molecule has 1 unspecified atom stereocenters. The molecule has 3 aromatic rings. The first-order chi connectivity index (χ1) is 15.3. The fourth-order valence-electron chi connectivity index (χ4n) is 4.23. The zero-order chi connectivity index (χ0) is 23.0. The van der Waals surface area contributed by atoms with Crippen molar-refractivity contribution in [2.75, 3.05) is 5.32 Å². The molecule has 2 heterocycles. The number of carbonyl (C=O) groups is 1. The Kier molecular flexibility index (Phi) is 6.10. The van der Waals surface area contributed by atoms with Gasteiger partial charge in [0.05, 0.1) is 16.0 Å². The van der Waals surface area contributed by atoms with Crippen molar-refractivity contribution >= 4 is 38.8 Å². The maximum atomic E-state index is 13.5. The molecule has 0 saturated heterocycles. The molecule has 168 valence electrons. The normalized spacial score (nSPS) is 15.5. The summed E-state index contributed by atoms with van der Waals surface area (Å²) in [5.41, 5.74) is 1.89. The molecular weight excluding hydrogens is 428 g/mol. The number of nitrogens with one attached hydrogen (secondary N) is 1. The number of carbonyl (C=O) groups excluding carboxylic acids is 1. The van der Waals surface area contributed by atoms with Crippen LogP contribution in [0.3, 0.4) is 0 Å². The first-order valence-corrected chi connectivity index (χ1v) is 11.7. The van der Waals surface area contributed by atoms with Crippen LogP contribution in [0.15, 0.2) is 23.0 Å². The number of hydrogen-bond acceptors (Lipinski definition) is 6. The Hall–Kier alpha value is -3.07. The molecule has 32 heavy (non-hydrogen) atoms. The maximum absolute atomic E-state index is 13.5. The minimum Gasteiger partial charge on any atom is -0.324 e. The van der Waals surface area contributed by atoms with Gasteiger partial charge in [0.25, 0.3) is 11.2 Å². The van der Waals surface area contributed by atoms with Crippen LogP contribution in [-0.4, -0.2) is 20.4 Å². The molecule has 1 N–H and O–H groups in total. The molecule has 1 aromatic carbocycles. The summed E-state index contributed by atoms with van der Waals surface area (Å²) in [6, 6.07) is 4.32. The second-order valence-electron chi connectivity index (χ2n) is 8.51. The average molecular weight is 455 g/mol. The van der Waals surface area contributed by atoms with Crippen molar-refractivity contribution in [1.29, 1.82) is 0 Å². The summed E-state index contributed by atoms with van der Waals surface area (Å²) in [7, 11) is 0. The van der Waals surface area contributed by atoms with E-state index in [4.69, 9.17) is 4.98 Å². The van der Waals surface area contributed by atoms with Gasteiger partial charge in [-0.05, 0) is 49.7 Å². The van der Waals surface area contributed by atoms with Crippen molar-refractivity contribution in [3.8, 4) is 0 Å². The third kappa shape index (κ3) is 4.17. The number of aromatic nitrogens is 2. The summed E-state index contributed by atoms with van der Waals surface area (Å²) in [6.45, 7) is 5.82. The van der Waals surface area contributed by atoms with Gasteiger partial charge in [-0.25, -0.2) is 4.98 Å². The van der Waals surface area contributed by atoms with Crippen LogP contribution in [0, 0.1) is 23.0 Å². The topological polar surface area (TPSA) is 107 Å². The second-order valence-corrected chi connectivity index (χ2v) is 9.59. The number of aryl methyl sites for hydroxylation is 3. The van der Waals surface area contributed by atoms with Gasteiger partial charge in [-0.1, -0.05) is 19.9 Å². The van der Waals surface area contributed by atoms with Gasteiger partial charge in [-0.15, -0.1) is 11.3 Å². The summed E-state index contributed by atoms with van der Waals surface area (Å²) in [5, 5.41) is 14.5. The zero-order valence-corrected chi connectivity index (χ0v) is 19.3. The highest BCUT2D eigenvalue weighted by molar-refractivity contribution is 7.18. The summed E-state index contributed by atoms with van der Waals surface area (Å²) < 4.78 is 1.47. The molecule has 1 aliphatic rings. The molecule has 0 aliphatic heterocycles. The van der Waals surface area contributed by atoms with Crippen LogP contribution in [0.4, 0.5) is 11.4 Å². The Bertz CT molecular complexity index is 1280. The Morgan fingerprint density at radius 1 is 1.41 bits per heavy atom. The van der Waals surface area contributed by atoms with Crippen LogP contribution < -0.4 is 10.9 Å². The summed E-state index contributed by atoms with van der Waals surface area (Å²) >= 11 is 1.61. The number of non-ortho nitro benzene ring substituents is 1. The van der Waals surface area contributed by atoms with E-state index in [0.717, 1.165) is 36.1 Å². The molecule has 0 bridgehead atoms. The van der Waals surface area contributed by atoms with Gasteiger partial charge in [0, 0.05) is 23.4 Å². The zero-order valence-electron chi connectivity index (χ0n) is 18.4. The lowest BCUT2D eigenvalue weighted by Crippen LogP contribution is -2.31. The fraction of sp³-hybridized carbons (Fsp3) is 0.435. The van der Waals surface area contributed by atoms with Gasteiger partial charge in [0.1, 0.15) is 17.2 Å². The van der Waals surface area contributed by atoms with Crippen LogP contribution in [0.2, 0.25) is 0 Å². The van der Waals surface area contributed by atoms with Crippen molar-refractivity contribution in [2.45, 2.75) is 59.4 Å². The molecule has 9 heteroatoms. The molecule has 1 atom stereocenters. The van der Waals surface area contributed by atoms with E-state index in [1.807, 2.05) is 6.92 Å². The molecule has 1 amide bonds. The molecule has 2 aromatic heterocycles. The molecule has 0 radical (unpaired) electrons. The van der Waals surface area contributed by atoms with Gasteiger partial charge < -0.3 is 5.32 Å². The van der Waals surface area contributed by atoms with E-state index >= 15 is 0 Å². The Balaban J connectivity index is 1.70. The Morgan fingerprint density at radius 2 is 2.19 bits per heavy atom. The van der Waals surface area contributed by atoms with Crippen LogP contribution in [-0.2, 0) is 30.6 Å². The standard InChI is InChI=1S/C23H26N4O4S/c1-4-5-19-25-22-21(16-9-6-13(2)10-18(16)32-22)23(29)26(19)12-20(28)24-17-11-15(27(30)31)8-7-14(17)3/h7-8,11,13H,4-6,9-10,12H2,1-3H3,(H,24,28). The van der Waals surface area contributed by atoms with E-state index in [0.29, 0.717) is 34.8 Å².